The summed E-state index contributed by atoms with van der Waals surface area (Å²) in [5.41, 5.74) is -0.729. The zero-order chi connectivity index (χ0) is 28.7. The fourth-order valence-electron chi connectivity index (χ4n) is 5.06. The van der Waals surface area contributed by atoms with Gasteiger partial charge in [-0.15, -0.1) is 0 Å². The second-order valence-electron chi connectivity index (χ2n) is 10.2. The molecule has 0 aromatic heterocycles. The SMILES string of the molecule is COC(=O)C1=NN2c3ccccc3C(=O)OC[C@]3(C)CC(C(=O)OC)=NN3c3ccccc3C(=O)OC[C@@]2(C)C1. The van der Waals surface area contributed by atoms with Crippen molar-refractivity contribution in [1.82, 2.24) is 0 Å². The van der Waals surface area contributed by atoms with E-state index in [1.807, 2.05) is 0 Å². The van der Waals surface area contributed by atoms with E-state index in [2.05, 4.69) is 10.2 Å². The molecule has 0 fully saturated rings. The topological polar surface area (TPSA) is 136 Å². The minimum absolute atomic E-state index is 0.0922. The molecule has 208 valence electrons. The summed E-state index contributed by atoms with van der Waals surface area (Å²) in [6.07, 6.45) is 0.184. The van der Waals surface area contributed by atoms with Gasteiger partial charge in [-0.1, -0.05) is 24.3 Å². The molecule has 5 rings (SSSR count). The first-order chi connectivity index (χ1) is 19.1. The number of esters is 4. The van der Waals surface area contributed by atoms with E-state index >= 15 is 0 Å². The monoisotopic (exact) mass is 548 g/mol. The fourth-order valence-corrected chi connectivity index (χ4v) is 5.06. The Morgan fingerprint density at radius 1 is 0.725 bits per heavy atom. The third kappa shape index (κ3) is 4.55. The van der Waals surface area contributed by atoms with Gasteiger partial charge in [0.25, 0.3) is 0 Å². The summed E-state index contributed by atoms with van der Waals surface area (Å²) >= 11 is 0. The lowest BCUT2D eigenvalue weighted by molar-refractivity contribution is -0.133. The Bertz CT molecular complexity index is 1360. The highest BCUT2D eigenvalue weighted by molar-refractivity contribution is 6.38. The van der Waals surface area contributed by atoms with Crippen LogP contribution in [-0.4, -0.2) is 73.8 Å². The molecule has 0 saturated carbocycles. The molecule has 0 amide bonds. The Morgan fingerprint density at radius 3 is 1.48 bits per heavy atom. The number of carbonyl (C=O) groups is 4. The lowest BCUT2D eigenvalue weighted by Gasteiger charge is -2.36. The number of cyclic esters (lactones) is 2. The highest BCUT2D eigenvalue weighted by Crippen LogP contribution is 2.39. The van der Waals surface area contributed by atoms with Gasteiger partial charge >= 0.3 is 23.9 Å². The van der Waals surface area contributed by atoms with E-state index in [0.717, 1.165) is 0 Å². The van der Waals surface area contributed by atoms with Gasteiger partial charge in [-0.2, -0.15) is 10.2 Å². The van der Waals surface area contributed by atoms with Gasteiger partial charge in [0.05, 0.1) is 36.7 Å². The van der Waals surface area contributed by atoms with Crippen molar-refractivity contribution in [2.45, 2.75) is 37.8 Å². The molecule has 2 aromatic rings. The number of hydrogen-bond acceptors (Lipinski definition) is 12. The molecule has 0 saturated heterocycles. The number of rotatable bonds is 2. The van der Waals surface area contributed by atoms with Crippen LogP contribution in [0.5, 0.6) is 0 Å². The van der Waals surface area contributed by atoms with E-state index in [1.54, 1.807) is 62.4 Å². The van der Waals surface area contributed by atoms with Crippen LogP contribution in [0.2, 0.25) is 0 Å². The minimum atomic E-state index is -1.03. The molecule has 3 aliphatic heterocycles. The third-order valence-electron chi connectivity index (χ3n) is 7.14. The van der Waals surface area contributed by atoms with Crippen LogP contribution in [0.25, 0.3) is 0 Å². The minimum Gasteiger partial charge on any atom is -0.464 e. The molecule has 40 heavy (non-hydrogen) atoms. The van der Waals surface area contributed by atoms with Crippen LogP contribution in [0.1, 0.15) is 47.4 Å². The molecule has 0 unspecified atom stereocenters. The Morgan fingerprint density at radius 2 is 1.10 bits per heavy atom. The lowest BCUT2D eigenvalue weighted by atomic mass is 9.94. The summed E-state index contributed by atoms with van der Waals surface area (Å²) in [6, 6.07) is 13.3. The molecule has 2 aromatic carbocycles. The summed E-state index contributed by atoms with van der Waals surface area (Å²) in [5, 5.41) is 11.9. The second kappa shape index (κ2) is 10.1. The number of anilines is 2. The number of fused-ring (bicyclic) bond motifs is 6. The van der Waals surface area contributed by atoms with Crippen molar-refractivity contribution in [2.24, 2.45) is 10.2 Å². The van der Waals surface area contributed by atoms with Crippen molar-refractivity contribution in [1.29, 1.82) is 0 Å². The number of para-hydroxylation sites is 2. The third-order valence-corrected chi connectivity index (χ3v) is 7.14. The molecule has 0 radical (unpaired) electrons. The van der Waals surface area contributed by atoms with Gasteiger partial charge < -0.3 is 18.9 Å². The van der Waals surface area contributed by atoms with E-state index in [-0.39, 0.29) is 48.6 Å². The Balaban J connectivity index is 1.63. The van der Waals surface area contributed by atoms with Gasteiger partial charge in [-0.3, -0.25) is 10.0 Å². The summed E-state index contributed by atoms with van der Waals surface area (Å²) in [7, 11) is 2.51. The molecule has 0 bridgehead atoms. The van der Waals surface area contributed by atoms with E-state index < -0.39 is 35.0 Å². The maximum Gasteiger partial charge on any atom is 0.354 e. The largest absolute Gasteiger partial charge is 0.464 e. The van der Waals surface area contributed by atoms with Crippen LogP contribution in [0.4, 0.5) is 11.4 Å². The fraction of sp³-hybridized carbons (Fsp3) is 0.357. The lowest BCUT2D eigenvalue weighted by Crippen LogP contribution is -2.47. The van der Waals surface area contributed by atoms with Gasteiger partial charge in [0.1, 0.15) is 35.7 Å². The molecule has 0 N–H and O–H groups in total. The first-order valence-electron chi connectivity index (χ1n) is 12.5. The molecular weight excluding hydrogens is 520 g/mol. The predicted octanol–water partition coefficient (Wildman–Crippen LogP) is 2.71. The molecular formula is C28H28N4O8. The molecule has 3 aliphatic rings. The normalized spacial score (nSPS) is 24.2. The van der Waals surface area contributed by atoms with Crippen LogP contribution in [-0.2, 0) is 28.5 Å². The standard InChI is InChI=1S/C28H28N4O8/c1-27-13-19(25(35)37-3)29-31(27)21-11-7-5-9-17(21)24(34)40-16-28(2)14-20(26(36)38-4)30-32(28)22-12-8-6-10-18(22)23(33)39-15-27/h5-12H,13-16H2,1-4H3/t27-,28+. The van der Waals surface area contributed by atoms with Crippen LogP contribution < -0.4 is 10.0 Å². The van der Waals surface area contributed by atoms with E-state index in [1.165, 1.54) is 24.2 Å². The zero-order valence-electron chi connectivity index (χ0n) is 22.5. The quantitative estimate of drug-likeness (QED) is 0.407. The highest BCUT2D eigenvalue weighted by atomic mass is 16.5. The van der Waals surface area contributed by atoms with Gasteiger partial charge in [0.2, 0.25) is 0 Å². The summed E-state index contributed by atoms with van der Waals surface area (Å²) in [5.74, 6) is -2.54. The Kier molecular flexibility index (Phi) is 6.78. The zero-order valence-corrected chi connectivity index (χ0v) is 22.5. The Hall–Kier alpha value is -4.74. The van der Waals surface area contributed by atoms with E-state index in [9.17, 15) is 19.2 Å². The average molecular weight is 549 g/mol. The van der Waals surface area contributed by atoms with Gasteiger partial charge in [0.15, 0.2) is 0 Å². The van der Waals surface area contributed by atoms with Crippen molar-refractivity contribution in [3.8, 4) is 0 Å². The van der Waals surface area contributed by atoms with Crippen LogP contribution in [0, 0.1) is 0 Å². The van der Waals surface area contributed by atoms with Crippen molar-refractivity contribution in [3.63, 3.8) is 0 Å². The van der Waals surface area contributed by atoms with Crippen molar-refractivity contribution < 1.29 is 38.1 Å². The first-order valence-corrected chi connectivity index (χ1v) is 12.5. The molecule has 0 aliphatic carbocycles. The smallest absolute Gasteiger partial charge is 0.354 e. The van der Waals surface area contributed by atoms with Crippen LogP contribution in [0.15, 0.2) is 58.7 Å². The molecule has 12 heteroatoms. The molecule has 12 nitrogen and oxygen atoms in total. The average Bonchev–Trinajstić information content (AvgIpc) is 3.51. The first kappa shape index (κ1) is 26.9. The summed E-state index contributed by atoms with van der Waals surface area (Å²) in [4.78, 5) is 51.9. The van der Waals surface area contributed by atoms with Crippen LogP contribution in [0.3, 0.4) is 0 Å². The number of ether oxygens (including phenoxy) is 4. The van der Waals surface area contributed by atoms with Gasteiger partial charge in [0, 0.05) is 12.8 Å². The molecule has 3 heterocycles. The number of hydrazone groups is 2. The van der Waals surface area contributed by atoms with Crippen molar-refractivity contribution in [3.05, 3.63) is 59.7 Å². The number of nitrogens with zero attached hydrogens (tertiary/aromatic N) is 4. The summed E-state index contributed by atoms with van der Waals surface area (Å²) < 4.78 is 21.4. The number of benzene rings is 2. The second-order valence-corrected chi connectivity index (χ2v) is 10.2. The van der Waals surface area contributed by atoms with E-state index in [0.29, 0.717) is 11.4 Å². The van der Waals surface area contributed by atoms with E-state index in [4.69, 9.17) is 18.9 Å². The van der Waals surface area contributed by atoms with Crippen molar-refractivity contribution >= 4 is 46.7 Å². The number of hydrogen-bond donors (Lipinski definition) is 0. The summed E-state index contributed by atoms with van der Waals surface area (Å²) in [6.45, 7) is 3.18. The van der Waals surface area contributed by atoms with Gasteiger partial charge in [-0.05, 0) is 38.1 Å². The molecule has 2 atom stereocenters. The maximum absolute atomic E-state index is 13.5. The van der Waals surface area contributed by atoms with Gasteiger partial charge in [-0.25, -0.2) is 19.2 Å². The maximum atomic E-state index is 13.5. The number of methoxy groups -OCH3 is 2. The predicted molar refractivity (Wildman–Crippen MR) is 143 cm³/mol. The highest BCUT2D eigenvalue weighted by Gasteiger charge is 2.47. The number of carbonyl (C=O) groups excluding carboxylic acids is 4. The Labute approximate surface area is 230 Å². The van der Waals surface area contributed by atoms with Crippen molar-refractivity contribution in [2.75, 3.05) is 37.5 Å². The molecule has 0 spiro atoms. The van der Waals surface area contributed by atoms with Crippen LogP contribution >= 0.6 is 0 Å².